The second-order valence-corrected chi connectivity index (χ2v) is 6.29. The molecule has 0 unspecified atom stereocenters. The van der Waals surface area contributed by atoms with Crippen molar-refractivity contribution in [2.24, 2.45) is 0 Å². The van der Waals surface area contributed by atoms with E-state index in [0.717, 1.165) is 0 Å². The first-order valence-corrected chi connectivity index (χ1v) is 8.99. The monoisotopic (exact) mass is 464 g/mol. The van der Waals surface area contributed by atoms with Crippen LogP contribution >= 0.6 is 0 Å². The van der Waals surface area contributed by atoms with E-state index in [-0.39, 0.29) is 0 Å². The Balaban J connectivity index is 2.58. The molecule has 0 aliphatic heterocycles. The van der Waals surface area contributed by atoms with Gasteiger partial charge in [-0.3, -0.25) is 9.59 Å². The largest absolute Gasteiger partial charge is 0.288 e. The van der Waals surface area contributed by atoms with E-state index in [0.29, 0.717) is 0 Å². The van der Waals surface area contributed by atoms with Crippen molar-refractivity contribution in [2.75, 3.05) is 0 Å². The molecule has 0 saturated carbocycles. The standard InChI is InChI=1S/C22N12O2/c23-1-9(17-11(3-25)31-15(7-29)32-12(17)4-26)19-21(35)20(22(19)36)10(2-24)18-13(5-27)33-16(8-30)34-14(18)6-28. The first-order valence-electron chi connectivity index (χ1n) is 8.99. The number of aromatic nitrogens is 4. The first kappa shape index (κ1) is 23.6. The molecule has 0 amide bonds. The first-order chi connectivity index (χ1) is 17.3. The molecule has 14 nitrogen and oxygen atoms in total. The highest BCUT2D eigenvalue weighted by atomic mass is 16.1. The van der Waals surface area contributed by atoms with E-state index in [1.165, 1.54) is 12.1 Å². The van der Waals surface area contributed by atoms with E-state index in [2.05, 4.69) is 19.9 Å². The van der Waals surface area contributed by atoms with E-state index in [1.54, 1.807) is 36.4 Å². The zero-order valence-corrected chi connectivity index (χ0v) is 17.2. The minimum atomic E-state index is -1.18. The van der Waals surface area contributed by atoms with Gasteiger partial charge in [0.05, 0.1) is 32.7 Å². The van der Waals surface area contributed by atoms with Crippen LogP contribution in [-0.4, -0.2) is 19.9 Å². The lowest BCUT2D eigenvalue weighted by Gasteiger charge is -2.07. The van der Waals surface area contributed by atoms with Crippen LogP contribution in [0.1, 0.15) is 45.6 Å². The second kappa shape index (κ2) is 9.18. The summed E-state index contributed by atoms with van der Waals surface area (Å²) in [6.45, 7) is 0. The zero-order chi connectivity index (χ0) is 26.6. The summed E-state index contributed by atoms with van der Waals surface area (Å²) in [6, 6.07) is 12.4. The number of hydrogen-bond donors (Lipinski definition) is 0. The van der Waals surface area contributed by atoms with Crippen LogP contribution in [0.15, 0.2) is 9.59 Å². The summed E-state index contributed by atoms with van der Waals surface area (Å²) in [7, 11) is 0. The van der Waals surface area contributed by atoms with Gasteiger partial charge in [0.25, 0.3) is 0 Å². The summed E-state index contributed by atoms with van der Waals surface area (Å²) < 4.78 is 0. The fourth-order valence-electron chi connectivity index (χ4n) is 3.14. The minimum absolute atomic E-state index is 0.562. The summed E-state index contributed by atoms with van der Waals surface area (Å²) in [5.74, 6) is -1.14. The molecule has 0 aliphatic carbocycles. The van der Waals surface area contributed by atoms with Gasteiger partial charge >= 0.3 is 0 Å². The predicted molar refractivity (Wildman–Crippen MR) is 109 cm³/mol. The Labute approximate surface area is 198 Å². The average Bonchev–Trinajstić information content (AvgIpc) is 2.92. The van der Waals surface area contributed by atoms with E-state index >= 15 is 0 Å². The van der Waals surface area contributed by atoms with Crippen LogP contribution in [0.4, 0.5) is 0 Å². The van der Waals surface area contributed by atoms with Gasteiger partial charge in [0.15, 0.2) is 22.8 Å². The van der Waals surface area contributed by atoms with Crippen LogP contribution in [0.3, 0.4) is 0 Å². The van der Waals surface area contributed by atoms with Crippen LogP contribution in [0.25, 0.3) is 11.1 Å². The smallest absolute Gasteiger partial charge is 0.234 e. The molecule has 36 heavy (non-hydrogen) atoms. The van der Waals surface area contributed by atoms with Crippen LogP contribution in [-0.2, 0) is 0 Å². The van der Waals surface area contributed by atoms with Crippen LogP contribution in [0.5, 0.6) is 0 Å². The van der Waals surface area contributed by atoms with Crippen LogP contribution in [0.2, 0.25) is 0 Å². The van der Waals surface area contributed by atoms with Gasteiger partial charge in [0, 0.05) is 0 Å². The highest BCUT2D eigenvalue weighted by molar-refractivity contribution is 5.85. The summed E-state index contributed by atoms with van der Waals surface area (Å²) >= 11 is 0. The van der Waals surface area contributed by atoms with Crippen molar-refractivity contribution < 1.29 is 0 Å². The maximum atomic E-state index is 13.0. The molecule has 2 aromatic heterocycles. The van der Waals surface area contributed by atoms with Crippen molar-refractivity contribution in [3.63, 3.8) is 0 Å². The average molecular weight is 464 g/mol. The van der Waals surface area contributed by atoms with Crippen molar-refractivity contribution in [1.82, 2.24) is 19.9 Å². The van der Waals surface area contributed by atoms with Gasteiger partial charge in [0.1, 0.15) is 48.6 Å². The Bertz CT molecular complexity index is 1830. The van der Waals surface area contributed by atoms with Crippen molar-refractivity contribution in [3.05, 3.63) is 76.4 Å². The lowest BCUT2D eigenvalue weighted by molar-refractivity contribution is 1.05. The van der Waals surface area contributed by atoms with Crippen molar-refractivity contribution in [2.45, 2.75) is 0 Å². The van der Waals surface area contributed by atoms with Crippen LogP contribution in [0, 0.1) is 90.6 Å². The van der Waals surface area contributed by atoms with E-state index < -0.39 is 78.0 Å². The fraction of sp³-hybridized carbons (Fsp3) is 0. The third-order valence-electron chi connectivity index (χ3n) is 4.57. The molecule has 0 radical (unpaired) electrons. The lowest BCUT2D eigenvalue weighted by Crippen LogP contribution is -2.66. The molecule has 14 heteroatoms. The summed E-state index contributed by atoms with van der Waals surface area (Å²) in [5.41, 5.74) is -7.48. The van der Waals surface area contributed by atoms with Crippen molar-refractivity contribution in [3.8, 4) is 48.6 Å². The fourth-order valence-corrected chi connectivity index (χ4v) is 3.14. The molecule has 2 heterocycles. The van der Waals surface area contributed by atoms with E-state index in [1.807, 2.05) is 0 Å². The molecule has 3 aromatic rings. The van der Waals surface area contributed by atoms with Crippen LogP contribution < -0.4 is 21.3 Å². The SMILES string of the molecule is N#CC(c1c(C#N)nc(C#N)nc1C#N)=c1c(=O)c(=C(C#N)c2c(C#N)nc(C#N)nc2C#N)c1=O. The molecule has 1 aromatic carbocycles. The lowest BCUT2D eigenvalue weighted by atomic mass is 9.93. The zero-order valence-electron chi connectivity index (χ0n) is 17.2. The number of hydrogen-bond acceptors (Lipinski definition) is 14. The normalized spacial score (nSPS) is 9.11. The molecule has 0 atom stereocenters. The highest BCUT2D eigenvalue weighted by Gasteiger charge is 2.27. The number of nitrogens with zero attached hydrogens (tertiary/aromatic N) is 12. The molecule has 0 bridgehead atoms. The summed E-state index contributed by atoms with van der Waals surface area (Å²) in [5, 5.41) is 73.2. The molecule has 3 rings (SSSR count). The third kappa shape index (κ3) is 3.40. The summed E-state index contributed by atoms with van der Waals surface area (Å²) in [6.07, 6.45) is 0. The number of nitriles is 8. The maximum absolute atomic E-state index is 13.0. The third-order valence-corrected chi connectivity index (χ3v) is 4.57. The van der Waals surface area contributed by atoms with Gasteiger partial charge in [0.2, 0.25) is 22.5 Å². The molecule has 0 fully saturated rings. The second-order valence-electron chi connectivity index (χ2n) is 6.29. The Morgan fingerprint density at radius 2 is 0.750 bits per heavy atom. The maximum Gasteiger partial charge on any atom is 0.234 e. The quantitative estimate of drug-likeness (QED) is 0.380. The Morgan fingerprint density at radius 3 is 0.944 bits per heavy atom. The van der Waals surface area contributed by atoms with Gasteiger partial charge in [-0.15, -0.1) is 0 Å². The Morgan fingerprint density at radius 1 is 0.472 bits per heavy atom. The van der Waals surface area contributed by atoms with Crippen molar-refractivity contribution >= 4 is 11.1 Å². The molecule has 160 valence electrons. The molecular weight excluding hydrogens is 464 g/mol. The topological polar surface area (TPSA) is 276 Å². The van der Waals surface area contributed by atoms with Gasteiger partial charge < -0.3 is 0 Å². The van der Waals surface area contributed by atoms with Gasteiger partial charge in [-0.25, -0.2) is 19.9 Å². The van der Waals surface area contributed by atoms with Gasteiger partial charge in [-0.05, 0) is 0 Å². The van der Waals surface area contributed by atoms with E-state index in [9.17, 15) is 41.2 Å². The predicted octanol–water partition coefficient (Wildman–Crippen LogP) is -2.46. The number of rotatable bonds is 2. The molecule has 0 saturated heterocycles. The summed E-state index contributed by atoms with van der Waals surface area (Å²) in [4.78, 5) is 40.4. The molecular formula is C22N12O2. The van der Waals surface area contributed by atoms with Gasteiger partial charge in [-0.2, -0.15) is 42.1 Å². The van der Waals surface area contributed by atoms with Gasteiger partial charge in [-0.1, -0.05) is 0 Å². The Hall–Kier alpha value is -7.10. The van der Waals surface area contributed by atoms with E-state index in [4.69, 9.17) is 10.5 Å². The highest BCUT2D eigenvalue weighted by Crippen LogP contribution is 2.19. The molecule has 0 spiro atoms. The minimum Gasteiger partial charge on any atom is -0.288 e. The van der Waals surface area contributed by atoms with Crippen molar-refractivity contribution in [1.29, 1.82) is 42.1 Å². The Kier molecular flexibility index (Phi) is 6.01. The molecule has 0 aliphatic rings. The molecule has 0 N–H and O–H groups in total.